The van der Waals surface area contributed by atoms with Gasteiger partial charge in [0.05, 0.1) is 0 Å². The fraction of sp³-hybridized carbons (Fsp3) is 0.412. The molecule has 2 N–H and O–H groups in total. The van der Waals surface area contributed by atoms with Crippen LogP contribution in [0, 0.1) is 23.7 Å². The lowest BCUT2D eigenvalue weighted by Gasteiger charge is -1.92. The molecule has 0 atom stereocenters. The third-order valence-electron chi connectivity index (χ3n) is 2.52. The van der Waals surface area contributed by atoms with Crippen LogP contribution in [-0.4, -0.2) is 23.4 Å². The van der Waals surface area contributed by atoms with Crippen molar-refractivity contribution in [3.8, 4) is 23.7 Å². The summed E-state index contributed by atoms with van der Waals surface area (Å²) in [7, 11) is 0. The molecule has 0 aliphatic heterocycles. The molecule has 0 saturated carbocycles. The van der Waals surface area contributed by atoms with E-state index in [1.165, 1.54) is 0 Å². The lowest BCUT2D eigenvalue weighted by Crippen LogP contribution is -1.81. The van der Waals surface area contributed by atoms with E-state index in [2.05, 4.69) is 23.7 Å². The quantitative estimate of drug-likeness (QED) is 0.627. The highest BCUT2D eigenvalue weighted by molar-refractivity contribution is 5.41. The van der Waals surface area contributed by atoms with E-state index in [1.807, 2.05) is 24.3 Å². The minimum Gasteiger partial charge on any atom is -0.396 e. The number of unbranched alkanes of at least 4 members (excludes halogenated alkanes) is 3. The summed E-state index contributed by atoms with van der Waals surface area (Å²) in [5.74, 6) is 12.3. The molecule has 0 amide bonds. The van der Waals surface area contributed by atoms with Crippen LogP contribution >= 0.6 is 0 Å². The highest BCUT2D eigenvalue weighted by Crippen LogP contribution is 2.02. The number of hydrogen-bond acceptors (Lipinski definition) is 2. The van der Waals surface area contributed by atoms with Gasteiger partial charge in [0.15, 0.2) is 0 Å². The van der Waals surface area contributed by atoms with E-state index < -0.39 is 0 Å². The zero-order valence-electron chi connectivity index (χ0n) is 11.2. The molecule has 0 heterocycles. The second-order valence-electron chi connectivity index (χ2n) is 4.19. The molecule has 0 aliphatic carbocycles. The Morgan fingerprint density at radius 2 is 1.16 bits per heavy atom. The number of benzene rings is 1. The zero-order chi connectivity index (χ0) is 13.8. The van der Waals surface area contributed by atoms with Crippen molar-refractivity contribution in [1.29, 1.82) is 0 Å². The molecule has 2 nitrogen and oxygen atoms in total. The maximum Gasteiger partial charge on any atom is 0.0440 e. The molecule has 0 unspecified atom stereocenters. The van der Waals surface area contributed by atoms with E-state index in [1.54, 1.807) is 0 Å². The SMILES string of the molecule is OCCCC#Cc1ccc(C#CCCCCO)cc1. The number of aliphatic hydroxyl groups is 2. The zero-order valence-corrected chi connectivity index (χ0v) is 11.2. The first kappa shape index (κ1) is 15.3. The third-order valence-corrected chi connectivity index (χ3v) is 2.52. The van der Waals surface area contributed by atoms with Gasteiger partial charge in [-0.2, -0.15) is 0 Å². The van der Waals surface area contributed by atoms with Crippen molar-refractivity contribution >= 4 is 0 Å². The molecular weight excluding hydrogens is 236 g/mol. The summed E-state index contributed by atoms with van der Waals surface area (Å²) in [6, 6.07) is 7.86. The molecule has 2 heteroatoms. The normalized spacial score (nSPS) is 9.16. The van der Waals surface area contributed by atoms with Gasteiger partial charge in [-0.05, 0) is 43.5 Å². The van der Waals surface area contributed by atoms with Gasteiger partial charge in [0, 0.05) is 37.2 Å². The Morgan fingerprint density at radius 3 is 1.63 bits per heavy atom. The molecular formula is C17H20O2. The van der Waals surface area contributed by atoms with Crippen LogP contribution in [0.2, 0.25) is 0 Å². The second-order valence-corrected chi connectivity index (χ2v) is 4.19. The van der Waals surface area contributed by atoms with Gasteiger partial charge in [0.25, 0.3) is 0 Å². The van der Waals surface area contributed by atoms with Crippen LogP contribution in [-0.2, 0) is 0 Å². The molecule has 0 bridgehead atoms. The minimum atomic E-state index is 0.194. The van der Waals surface area contributed by atoms with Crippen molar-refractivity contribution in [3.63, 3.8) is 0 Å². The predicted octanol–water partition coefficient (Wildman–Crippen LogP) is 2.32. The van der Waals surface area contributed by atoms with Gasteiger partial charge in [-0.3, -0.25) is 0 Å². The molecule has 0 aromatic heterocycles. The van der Waals surface area contributed by atoms with Crippen molar-refractivity contribution in [2.75, 3.05) is 13.2 Å². The van der Waals surface area contributed by atoms with E-state index in [-0.39, 0.29) is 13.2 Å². The first-order valence-corrected chi connectivity index (χ1v) is 6.66. The van der Waals surface area contributed by atoms with Gasteiger partial charge in [-0.1, -0.05) is 23.7 Å². The summed E-state index contributed by atoms with van der Waals surface area (Å²) in [6.45, 7) is 0.435. The summed E-state index contributed by atoms with van der Waals surface area (Å²) in [5.41, 5.74) is 1.97. The van der Waals surface area contributed by atoms with Crippen molar-refractivity contribution < 1.29 is 10.2 Å². The minimum absolute atomic E-state index is 0.194. The van der Waals surface area contributed by atoms with Crippen LogP contribution in [0.5, 0.6) is 0 Å². The Balaban J connectivity index is 2.44. The van der Waals surface area contributed by atoms with Gasteiger partial charge in [-0.15, -0.1) is 0 Å². The summed E-state index contributed by atoms with van der Waals surface area (Å²) in [6.07, 6.45) is 4.03. The van der Waals surface area contributed by atoms with E-state index in [4.69, 9.17) is 10.2 Å². The largest absolute Gasteiger partial charge is 0.396 e. The predicted molar refractivity (Wildman–Crippen MR) is 77.5 cm³/mol. The average Bonchev–Trinajstić information content (AvgIpc) is 2.45. The van der Waals surface area contributed by atoms with E-state index in [9.17, 15) is 0 Å². The van der Waals surface area contributed by atoms with Crippen molar-refractivity contribution in [2.24, 2.45) is 0 Å². The molecule has 100 valence electrons. The standard InChI is InChI=1S/C17H20O2/c18-14-6-2-1-4-8-16-10-12-17(13-11-16)9-5-3-7-15-19/h10-13,18-19H,1-3,6-7,14-15H2. The summed E-state index contributed by atoms with van der Waals surface area (Å²) in [5, 5.41) is 17.3. The van der Waals surface area contributed by atoms with Gasteiger partial charge >= 0.3 is 0 Å². The molecule has 0 radical (unpaired) electrons. The Labute approximate surface area is 115 Å². The number of hydrogen-bond donors (Lipinski definition) is 2. The first-order chi connectivity index (χ1) is 9.36. The van der Waals surface area contributed by atoms with Gasteiger partial charge < -0.3 is 10.2 Å². The van der Waals surface area contributed by atoms with Crippen molar-refractivity contribution in [2.45, 2.75) is 32.1 Å². The first-order valence-electron chi connectivity index (χ1n) is 6.66. The highest BCUT2D eigenvalue weighted by Gasteiger charge is 1.88. The van der Waals surface area contributed by atoms with E-state index >= 15 is 0 Å². The molecule has 19 heavy (non-hydrogen) atoms. The maximum atomic E-state index is 8.64. The van der Waals surface area contributed by atoms with Gasteiger partial charge in [0.2, 0.25) is 0 Å². The molecule has 1 rings (SSSR count). The van der Waals surface area contributed by atoms with Crippen LogP contribution < -0.4 is 0 Å². The average molecular weight is 256 g/mol. The topological polar surface area (TPSA) is 40.5 Å². The summed E-state index contributed by atoms with van der Waals surface area (Å²) < 4.78 is 0. The highest BCUT2D eigenvalue weighted by atomic mass is 16.3. The fourth-order valence-electron chi connectivity index (χ4n) is 1.46. The number of rotatable bonds is 5. The van der Waals surface area contributed by atoms with Crippen LogP contribution in [0.25, 0.3) is 0 Å². The monoisotopic (exact) mass is 256 g/mol. The summed E-state index contributed by atoms with van der Waals surface area (Å²) >= 11 is 0. The van der Waals surface area contributed by atoms with Crippen LogP contribution in [0.15, 0.2) is 24.3 Å². The number of aliphatic hydroxyl groups excluding tert-OH is 2. The van der Waals surface area contributed by atoms with Gasteiger partial charge in [-0.25, -0.2) is 0 Å². The van der Waals surface area contributed by atoms with Crippen LogP contribution in [0.3, 0.4) is 0 Å². The molecule has 1 aromatic rings. The Hall–Kier alpha value is -1.74. The molecule has 0 aliphatic rings. The van der Waals surface area contributed by atoms with Gasteiger partial charge in [0.1, 0.15) is 0 Å². The molecule has 0 spiro atoms. The molecule has 0 saturated heterocycles. The molecule has 0 fully saturated rings. The van der Waals surface area contributed by atoms with E-state index in [0.29, 0.717) is 0 Å². The lowest BCUT2D eigenvalue weighted by molar-refractivity contribution is 0.285. The van der Waals surface area contributed by atoms with E-state index in [0.717, 1.165) is 43.2 Å². The Bertz CT molecular complexity index is 466. The molecule has 1 aromatic carbocycles. The maximum absolute atomic E-state index is 8.64. The Morgan fingerprint density at radius 1 is 0.684 bits per heavy atom. The Kier molecular flexibility index (Phi) is 8.23. The van der Waals surface area contributed by atoms with Crippen LogP contribution in [0.1, 0.15) is 43.2 Å². The fourth-order valence-corrected chi connectivity index (χ4v) is 1.46. The van der Waals surface area contributed by atoms with Crippen molar-refractivity contribution in [3.05, 3.63) is 35.4 Å². The van der Waals surface area contributed by atoms with Crippen molar-refractivity contribution in [1.82, 2.24) is 0 Å². The summed E-state index contributed by atoms with van der Waals surface area (Å²) in [4.78, 5) is 0. The van der Waals surface area contributed by atoms with Crippen LogP contribution in [0.4, 0.5) is 0 Å². The second kappa shape index (κ2) is 10.2. The third kappa shape index (κ3) is 7.32. The smallest absolute Gasteiger partial charge is 0.0440 e. The lowest BCUT2D eigenvalue weighted by atomic mass is 10.1.